The molecule has 0 radical (unpaired) electrons. The molecule has 0 spiro atoms. The Labute approximate surface area is 105 Å². The molecule has 5 nitrogen and oxygen atoms in total. The molecule has 1 unspecified atom stereocenters. The Morgan fingerprint density at radius 3 is 2.78 bits per heavy atom. The Hall–Kier alpha value is -2.30. The molecule has 0 amide bonds. The molecule has 0 fully saturated rings. The van der Waals surface area contributed by atoms with Gasteiger partial charge in [0.25, 0.3) is 0 Å². The summed E-state index contributed by atoms with van der Waals surface area (Å²) in [6.07, 6.45) is 1.000. The average Bonchev–Trinajstić information content (AvgIpc) is 2.63. The number of nitrogens with zero attached hydrogens (tertiary/aromatic N) is 3. The molecule has 0 saturated heterocycles. The molecule has 0 bridgehead atoms. The minimum atomic E-state index is 0.210. The van der Waals surface area contributed by atoms with Crippen LogP contribution < -0.4 is 16.4 Å². The molecule has 0 saturated carbocycles. The van der Waals surface area contributed by atoms with Crippen molar-refractivity contribution in [2.45, 2.75) is 19.4 Å². The fraction of sp³-hybridized carbons (Fsp3) is 0.231. The lowest BCUT2D eigenvalue weighted by atomic mass is 10.1. The number of aromatic nitrogens is 2. The highest BCUT2D eigenvalue weighted by Gasteiger charge is 2.27. The van der Waals surface area contributed by atoms with E-state index in [4.69, 9.17) is 11.5 Å². The Balaban J connectivity index is 2.11. The van der Waals surface area contributed by atoms with Crippen molar-refractivity contribution in [3.8, 4) is 0 Å². The lowest BCUT2D eigenvalue weighted by Crippen LogP contribution is -2.25. The van der Waals surface area contributed by atoms with Gasteiger partial charge in [0.15, 0.2) is 0 Å². The maximum Gasteiger partial charge on any atom is 0.223 e. The number of nitrogen functional groups attached to an aromatic ring is 2. The van der Waals surface area contributed by atoms with Crippen LogP contribution in [0.2, 0.25) is 0 Å². The molecule has 18 heavy (non-hydrogen) atoms. The van der Waals surface area contributed by atoms with Crippen molar-refractivity contribution in [1.82, 2.24) is 9.97 Å². The van der Waals surface area contributed by atoms with Crippen molar-refractivity contribution in [3.05, 3.63) is 35.9 Å². The van der Waals surface area contributed by atoms with Crippen LogP contribution in [0.4, 0.5) is 23.3 Å². The molecule has 92 valence electrons. The molecule has 5 heteroatoms. The zero-order valence-electron chi connectivity index (χ0n) is 10.2. The van der Waals surface area contributed by atoms with Gasteiger partial charge in [-0.25, -0.2) is 0 Å². The minimum Gasteiger partial charge on any atom is -0.383 e. The van der Waals surface area contributed by atoms with Crippen LogP contribution >= 0.6 is 0 Å². The maximum atomic E-state index is 5.73. The summed E-state index contributed by atoms with van der Waals surface area (Å²) in [4.78, 5) is 10.3. The molecule has 0 aliphatic carbocycles. The van der Waals surface area contributed by atoms with Gasteiger partial charge in [-0.3, -0.25) is 0 Å². The Morgan fingerprint density at radius 2 is 2.00 bits per heavy atom. The van der Waals surface area contributed by atoms with Gasteiger partial charge in [0.2, 0.25) is 5.95 Å². The number of hydrogen-bond donors (Lipinski definition) is 2. The second-order valence-corrected chi connectivity index (χ2v) is 4.56. The first-order chi connectivity index (χ1) is 8.65. The van der Waals surface area contributed by atoms with E-state index in [9.17, 15) is 0 Å². The van der Waals surface area contributed by atoms with Crippen molar-refractivity contribution in [2.24, 2.45) is 0 Å². The lowest BCUT2D eigenvalue weighted by molar-refractivity contribution is 0.750. The number of benzene rings is 1. The van der Waals surface area contributed by atoms with E-state index in [2.05, 4.69) is 40.0 Å². The smallest absolute Gasteiger partial charge is 0.223 e. The molecule has 2 aromatic rings. The van der Waals surface area contributed by atoms with Crippen LogP contribution in [-0.4, -0.2) is 16.0 Å². The van der Waals surface area contributed by atoms with E-state index in [-0.39, 0.29) is 5.95 Å². The summed E-state index contributed by atoms with van der Waals surface area (Å²) >= 11 is 0. The molecule has 1 aromatic carbocycles. The van der Waals surface area contributed by atoms with Gasteiger partial charge >= 0.3 is 0 Å². The van der Waals surface area contributed by atoms with Crippen molar-refractivity contribution < 1.29 is 0 Å². The van der Waals surface area contributed by atoms with Crippen LogP contribution in [-0.2, 0) is 6.42 Å². The van der Waals surface area contributed by atoms with Crippen molar-refractivity contribution in [1.29, 1.82) is 0 Å². The molecule has 1 aliphatic heterocycles. The molecule has 2 heterocycles. The molecular formula is C13H15N5. The summed E-state index contributed by atoms with van der Waals surface area (Å²) in [7, 11) is 0. The predicted octanol–water partition coefficient (Wildman–Crippen LogP) is 1.72. The average molecular weight is 241 g/mol. The van der Waals surface area contributed by atoms with Gasteiger partial charge in [-0.15, -0.1) is 0 Å². The summed E-state index contributed by atoms with van der Waals surface area (Å²) in [5, 5.41) is 0. The summed E-state index contributed by atoms with van der Waals surface area (Å²) in [6.45, 7) is 2.16. The minimum absolute atomic E-state index is 0.210. The second-order valence-electron chi connectivity index (χ2n) is 4.56. The predicted molar refractivity (Wildman–Crippen MR) is 72.6 cm³/mol. The number of nitrogens with two attached hydrogens (primary N) is 2. The van der Waals surface area contributed by atoms with E-state index in [0.29, 0.717) is 11.9 Å². The van der Waals surface area contributed by atoms with E-state index in [1.54, 1.807) is 6.07 Å². The van der Waals surface area contributed by atoms with Crippen molar-refractivity contribution in [2.75, 3.05) is 16.4 Å². The summed E-state index contributed by atoms with van der Waals surface area (Å²) in [6, 6.07) is 10.4. The monoisotopic (exact) mass is 241 g/mol. The highest BCUT2D eigenvalue weighted by molar-refractivity contribution is 5.70. The van der Waals surface area contributed by atoms with Gasteiger partial charge in [0.05, 0.1) is 0 Å². The third-order valence-electron chi connectivity index (χ3n) is 3.20. The molecule has 4 N–H and O–H groups in total. The number of fused-ring (bicyclic) bond motifs is 1. The lowest BCUT2D eigenvalue weighted by Gasteiger charge is -2.24. The first kappa shape index (κ1) is 10.8. The second kappa shape index (κ2) is 3.87. The van der Waals surface area contributed by atoms with Crippen LogP contribution in [0.15, 0.2) is 30.3 Å². The largest absolute Gasteiger partial charge is 0.383 e. The van der Waals surface area contributed by atoms with Crippen molar-refractivity contribution >= 4 is 23.3 Å². The molecular weight excluding hydrogens is 226 g/mol. The zero-order valence-corrected chi connectivity index (χ0v) is 10.2. The first-order valence-electron chi connectivity index (χ1n) is 5.92. The van der Waals surface area contributed by atoms with Crippen LogP contribution in [0, 0.1) is 0 Å². The summed E-state index contributed by atoms with van der Waals surface area (Å²) in [5.41, 5.74) is 13.9. The van der Waals surface area contributed by atoms with Crippen LogP contribution in [0.5, 0.6) is 0 Å². The molecule has 1 aliphatic rings. The fourth-order valence-electron chi connectivity index (χ4n) is 2.51. The SMILES string of the molecule is CC1Cc2ccccc2N1c1cc(N)nc(N)n1. The number of hydrogen-bond acceptors (Lipinski definition) is 5. The van der Waals surface area contributed by atoms with E-state index in [1.165, 1.54) is 11.3 Å². The number of para-hydroxylation sites is 1. The molecule has 3 rings (SSSR count). The normalized spacial score (nSPS) is 17.8. The zero-order chi connectivity index (χ0) is 12.7. The topological polar surface area (TPSA) is 81.1 Å². The van der Waals surface area contributed by atoms with Gasteiger partial charge in [0, 0.05) is 17.8 Å². The maximum absolute atomic E-state index is 5.73. The van der Waals surface area contributed by atoms with Gasteiger partial charge in [0.1, 0.15) is 11.6 Å². The van der Waals surface area contributed by atoms with Crippen LogP contribution in [0.1, 0.15) is 12.5 Å². The van der Waals surface area contributed by atoms with E-state index >= 15 is 0 Å². The summed E-state index contributed by atoms with van der Waals surface area (Å²) in [5.74, 6) is 1.37. The van der Waals surface area contributed by atoms with E-state index in [0.717, 1.165) is 12.2 Å². The summed E-state index contributed by atoms with van der Waals surface area (Å²) < 4.78 is 0. The standard InChI is InChI=1S/C13H15N5/c1-8-6-9-4-2-3-5-10(9)18(8)12-7-11(14)16-13(15)17-12/h2-5,7-8H,6H2,1H3,(H4,14,15,16,17). The van der Waals surface area contributed by atoms with Gasteiger partial charge < -0.3 is 16.4 Å². The highest BCUT2D eigenvalue weighted by Crippen LogP contribution is 2.37. The highest BCUT2D eigenvalue weighted by atomic mass is 15.3. The van der Waals surface area contributed by atoms with E-state index in [1.807, 2.05) is 6.07 Å². The number of anilines is 4. The van der Waals surface area contributed by atoms with Gasteiger partial charge in [-0.2, -0.15) is 9.97 Å². The van der Waals surface area contributed by atoms with Gasteiger partial charge in [-0.1, -0.05) is 18.2 Å². The Kier molecular flexibility index (Phi) is 2.33. The number of rotatable bonds is 1. The van der Waals surface area contributed by atoms with Gasteiger partial charge in [-0.05, 0) is 25.0 Å². The fourth-order valence-corrected chi connectivity index (χ4v) is 2.51. The van der Waals surface area contributed by atoms with Crippen molar-refractivity contribution in [3.63, 3.8) is 0 Å². The quantitative estimate of drug-likeness (QED) is 0.794. The first-order valence-corrected chi connectivity index (χ1v) is 5.92. The van der Waals surface area contributed by atoms with Crippen LogP contribution in [0.3, 0.4) is 0 Å². The third-order valence-corrected chi connectivity index (χ3v) is 3.20. The third kappa shape index (κ3) is 1.64. The Bertz CT molecular complexity index is 575. The Morgan fingerprint density at radius 1 is 1.22 bits per heavy atom. The van der Waals surface area contributed by atoms with E-state index < -0.39 is 0 Å². The molecule has 1 aromatic heterocycles. The molecule has 1 atom stereocenters. The van der Waals surface area contributed by atoms with Crippen LogP contribution in [0.25, 0.3) is 0 Å².